The molecule has 0 atom stereocenters. The standard InChI is InChI=1S/C12H18N4O4/c1-12(2,7-17)15(3)11(18)8-5-4-6-9(14-13)10(8)16(19)20/h4-6,14,17H,7,13H2,1-3H3. The fraction of sp³-hybridized carbons (Fsp3) is 0.417. The normalized spacial score (nSPS) is 11.1. The van der Waals surface area contributed by atoms with E-state index in [1.54, 1.807) is 13.8 Å². The number of nitro benzene ring substituents is 1. The van der Waals surface area contributed by atoms with Gasteiger partial charge in [0.1, 0.15) is 11.3 Å². The molecule has 1 rings (SSSR count). The number of hydrogen-bond donors (Lipinski definition) is 3. The van der Waals surface area contributed by atoms with Gasteiger partial charge in [-0.2, -0.15) is 0 Å². The van der Waals surface area contributed by atoms with E-state index in [-0.39, 0.29) is 23.5 Å². The number of nitro groups is 1. The molecule has 0 radical (unpaired) electrons. The van der Waals surface area contributed by atoms with Gasteiger partial charge in [0.15, 0.2) is 0 Å². The Morgan fingerprint density at radius 2 is 2.15 bits per heavy atom. The third-order valence-electron chi connectivity index (χ3n) is 3.20. The minimum absolute atomic E-state index is 0.0519. The number of nitrogens with two attached hydrogens (primary N) is 1. The molecule has 8 heteroatoms. The fourth-order valence-corrected chi connectivity index (χ4v) is 1.59. The first-order valence-electron chi connectivity index (χ1n) is 5.89. The van der Waals surface area contributed by atoms with Crippen LogP contribution in [0.15, 0.2) is 18.2 Å². The van der Waals surface area contributed by atoms with E-state index in [0.29, 0.717) is 0 Å². The van der Waals surface area contributed by atoms with Gasteiger partial charge < -0.3 is 15.4 Å². The van der Waals surface area contributed by atoms with Crippen LogP contribution in [0, 0.1) is 10.1 Å². The summed E-state index contributed by atoms with van der Waals surface area (Å²) in [7, 11) is 1.48. The van der Waals surface area contributed by atoms with Crippen molar-refractivity contribution in [1.29, 1.82) is 0 Å². The summed E-state index contributed by atoms with van der Waals surface area (Å²) in [4.78, 5) is 24.1. The minimum atomic E-state index is -0.836. The number of hydrazine groups is 1. The molecular weight excluding hydrogens is 264 g/mol. The van der Waals surface area contributed by atoms with Crippen LogP contribution in [0.4, 0.5) is 11.4 Å². The van der Waals surface area contributed by atoms with Crippen LogP contribution in [-0.4, -0.2) is 40.0 Å². The van der Waals surface area contributed by atoms with Gasteiger partial charge in [0.25, 0.3) is 5.91 Å². The van der Waals surface area contributed by atoms with E-state index in [2.05, 4.69) is 5.43 Å². The summed E-state index contributed by atoms with van der Waals surface area (Å²) in [6.07, 6.45) is 0. The zero-order valence-electron chi connectivity index (χ0n) is 11.6. The van der Waals surface area contributed by atoms with Crippen molar-refractivity contribution in [3.63, 3.8) is 0 Å². The van der Waals surface area contributed by atoms with Crippen molar-refractivity contribution in [2.45, 2.75) is 19.4 Å². The van der Waals surface area contributed by atoms with Gasteiger partial charge >= 0.3 is 5.69 Å². The molecule has 0 aliphatic carbocycles. The summed E-state index contributed by atoms with van der Waals surface area (Å²) >= 11 is 0. The number of carbonyl (C=O) groups is 1. The van der Waals surface area contributed by atoms with Crippen molar-refractivity contribution in [3.05, 3.63) is 33.9 Å². The van der Waals surface area contributed by atoms with Crippen LogP contribution in [0.1, 0.15) is 24.2 Å². The average Bonchev–Trinajstić information content (AvgIpc) is 2.44. The molecule has 20 heavy (non-hydrogen) atoms. The van der Waals surface area contributed by atoms with E-state index in [1.807, 2.05) is 0 Å². The summed E-state index contributed by atoms with van der Waals surface area (Å²) in [6, 6.07) is 4.26. The van der Waals surface area contributed by atoms with Crippen molar-refractivity contribution < 1.29 is 14.8 Å². The third kappa shape index (κ3) is 2.86. The highest BCUT2D eigenvalue weighted by Crippen LogP contribution is 2.29. The van der Waals surface area contributed by atoms with Gasteiger partial charge in [0, 0.05) is 7.05 Å². The van der Waals surface area contributed by atoms with Crippen LogP contribution in [0.3, 0.4) is 0 Å². The number of likely N-dealkylation sites (N-methyl/N-ethyl adjacent to an activating group) is 1. The molecule has 0 aliphatic rings. The second-order valence-electron chi connectivity index (χ2n) is 4.94. The summed E-state index contributed by atoms with van der Waals surface area (Å²) in [5.41, 5.74) is 0.941. The van der Waals surface area contributed by atoms with Gasteiger partial charge in [0.2, 0.25) is 0 Å². The van der Waals surface area contributed by atoms with Gasteiger partial charge in [0.05, 0.1) is 17.1 Å². The quantitative estimate of drug-likeness (QED) is 0.415. The Morgan fingerprint density at radius 3 is 2.60 bits per heavy atom. The number of nitrogen functional groups attached to an aromatic ring is 1. The highest BCUT2D eigenvalue weighted by Gasteiger charge is 2.32. The Balaban J connectivity index is 3.33. The molecule has 1 aromatic carbocycles. The maximum absolute atomic E-state index is 12.4. The van der Waals surface area contributed by atoms with Gasteiger partial charge in [-0.1, -0.05) is 6.07 Å². The molecule has 110 valence electrons. The van der Waals surface area contributed by atoms with Crippen molar-refractivity contribution in [2.24, 2.45) is 5.84 Å². The van der Waals surface area contributed by atoms with Gasteiger partial charge in [-0.15, -0.1) is 0 Å². The lowest BCUT2D eigenvalue weighted by Gasteiger charge is -2.33. The Bertz CT molecular complexity index is 530. The zero-order valence-corrected chi connectivity index (χ0v) is 11.6. The fourth-order valence-electron chi connectivity index (χ4n) is 1.59. The minimum Gasteiger partial charge on any atom is -0.394 e. The number of nitrogens with one attached hydrogen (secondary N) is 1. The molecule has 1 amide bonds. The molecule has 1 aromatic rings. The lowest BCUT2D eigenvalue weighted by molar-refractivity contribution is -0.384. The first-order valence-corrected chi connectivity index (χ1v) is 5.89. The third-order valence-corrected chi connectivity index (χ3v) is 3.20. The predicted octanol–water partition coefficient (Wildman–Crippen LogP) is 0.723. The lowest BCUT2D eigenvalue weighted by atomic mass is 10.0. The molecule has 8 nitrogen and oxygen atoms in total. The highest BCUT2D eigenvalue weighted by molar-refractivity contribution is 6.00. The van der Waals surface area contributed by atoms with Crippen molar-refractivity contribution in [3.8, 4) is 0 Å². The van der Waals surface area contributed by atoms with Crippen LogP contribution in [-0.2, 0) is 0 Å². The van der Waals surface area contributed by atoms with Crippen LogP contribution < -0.4 is 11.3 Å². The number of benzene rings is 1. The Morgan fingerprint density at radius 1 is 1.55 bits per heavy atom. The number of aliphatic hydroxyl groups is 1. The molecular formula is C12H18N4O4. The Labute approximate surface area is 116 Å². The van der Waals surface area contributed by atoms with E-state index in [4.69, 9.17) is 5.84 Å². The molecule has 4 N–H and O–H groups in total. The average molecular weight is 282 g/mol. The van der Waals surface area contributed by atoms with Crippen LogP contribution >= 0.6 is 0 Å². The SMILES string of the molecule is CN(C(=O)c1cccc(NN)c1[N+](=O)[O-])C(C)(C)CO. The smallest absolute Gasteiger partial charge is 0.306 e. The van der Waals surface area contributed by atoms with E-state index < -0.39 is 16.4 Å². The van der Waals surface area contributed by atoms with Crippen molar-refractivity contribution >= 4 is 17.3 Å². The van der Waals surface area contributed by atoms with Crippen LogP contribution in [0.5, 0.6) is 0 Å². The molecule has 0 bridgehead atoms. The summed E-state index contributed by atoms with van der Waals surface area (Å²) < 4.78 is 0. The number of para-hydroxylation sites is 1. The molecule has 0 saturated carbocycles. The van der Waals surface area contributed by atoms with Crippen LogP contribution in [0.2, 0.25) is 0 Å². The van der Waals surface area contributed by atoms with Crippen molar-refractivity contribution in [2.75, 3.05) is 19.1 Å². The number of amides is 1. The molecule has 0 saturated heterocycles. The van der Waals surface area contributed by atoms with E-state index in [1.165, 1.54) is 30.1 Å². The van der Waals surface area contributed by atoms with Crippen LogP contribution in [0.25, 0.3) is 0 Å². The first-order chi connectivity index (χ1) is 9.26. The molecule has 0 aromatic heterocycles. The van der Waals surface area contributed by atoms with Gasteiger partial charge in [-0.25, -0.2) is 0 Å². The second-order valence-corrected chi connectivity index (χ2v) is 4.94. The maximum atomic E-state index is 12.4. The number of anilines is 1. The molecule has 0 heterocycles. The Kier molecular flexibility index (Phi) is 4.64. The number of carbonyl (C=O) groups excluding carboxylic acids is 1. The van der Waals surface area contributed by atoms with E-state index >= 15 is 0 Å². The first kappa shape index (κ1) is 15.9. The topological polar surface area (TPSA) is 122 Å². The molecule has 0 spiro atoms. The lowest BCUT2D eigenvalue weighted by Crippen LogP contribution is -2.47. The largest absolute Gasteiger partial charge is 0.394 e. The Hall–Kier alpha value is -2.19. The molecule has 0 aliphatic heterocycles. The molecule has 0 unspecified atom stereocenters. The van der Waals surface area contributed by atoms with Gasteiger partial charge in [-0.3, -0.25) is 20.8 Å². The number of rotatable bonds is 5. The van der Waals surface area contributed by atoms with Crippen molar-refractivity contribution in [1.82, 2.24) is 4.90 Å². The molecule has 0 fully saturated rings. The van der Waals surface area contributed by atoms with E-state index in [0.717, 1.165) is 0 Å². The highest BCUT2D eigenvalue weighted by atomic mass is 16.6. The number of nitrogens with zero attached hydrogens (tertiary/aromatic N) is 2. The summed E-state index contributed by atoms with van der Waals surface area (Å²) in [5, 5.41) is 20.4. The zero-order chi connectivity index (χ0) is 15.5. The van der Waals surface area contributed by atoms with Gasteiger partial charge in [-0.05, 0) is 26.0 Å². The monoisotopic (exact) mass is 282 g/mol. The van der Waals surface area contributed by atoms with E-state index in [9.17, 15) is 20.0 Å². The maximum Gasteiger partial charge on any atom is 0.306 e. The number of hydrogen-bond acceptors (Lipinski definition) is 6. The summed E-state index contributed by atoms with van der Waals surface area (Å²) in [5.74, 6) is 4.66. The number of aliphatic hydroxyl groups excluding tert-OH is 1. The summed E-state index contributed by atoms with van der Waals surface area (Å²) in [6.45, 7) is 3.04. The predicted molar refractivity (Wildman–Crippen MR) is 74.2 cm³/mol. The second kappa shape index (κ2) is 5.85.